The van der Waals surface area contributed by atoms with E-state index in [9.17, 15) is 4.79 Å². The van der Waals surface area contributed by atoms with E-state index in [1.54, 1.807) is 0 Å². The van der Waals surface area contributed by atoms with Gasteiger partial charge in [-0.1, -0.05) is 50.3 Å². The quantitative estimate of drug-likeness (QED) is 0.574. The van der Waals surface area contributed by atoms with E-state index in [1.165, 1.54) is 7.11 Å². The second-order valence-electron chi connectivity index (χ2n) is 4.51. The summed E-state index contributed by atoms with van der Waals surface area (Å²) in [6, 6.07) is 9.97. The molecule has 0 heterocycles. The SMILES string of the molecule is COC(=O)/C(=C/CC(C)C)Cc1ccccc1. The second-order valence-corrected chi connectivity index (χ2v) is 4.51. The number of carbonyl (C=O) groups excluding carboxylic acids is 1. The van der Waals surface area contributed by atoms with Crippen LogP contribution in [0.2, 0.25) is 0 Å². The molecule has 17 heavy (non-hydrogen) atoms. The molecule has 2 nitrogen and oxygen atoms in total. The van der Waals surface area contributed by atoms with Crippen LogP contribution in [-0.2, 0) is 16.0 Å². The largest absolute Gasteiger partial charge is 0.466 e. The van der Waals surface area contributed by atoms with Crippen molar-refractivity contribution in [2.75, 3.05) is 7.11 Å². The molecule has 0 saturated heterocycles. The minimum atomic E-state index is -0.227. The van der Waals surface area contributed by atoms with Crippen LogP contribution >= 0.6 is 0 Å². The van der Waals surface area contributed by atoms with E-state index in [0.717, 1.165) is 17.6 Å². The lowest BCUT2D eigenvalue weighted by atomic mass is 10.0. The topological polar surface area (TPSA) is 26.3 Å². The molecule has 1 rings (SSSR count). The molecule has 0 atom stereocenters. The van der Waals surface area contributed by atoms with Crippen molar-refractivity contribution >= 4 is 5.97 Å². The Labute approximate surface area is 103 Å². The van der Waals surface area contributed by atoms with Crippen molar-refractivity contribution < 1.29 is 9.53 Å². The van der Waals surface area contributed by atoms with Gasteiger partial charge in [0.25, 0.3) is 0 Å². The molecule has 0 N–H and O–H groups in total. The summed E-state index contributed by atoms with van der Waals surface area (Å²) in [6.07, 6.45) is 3.53. The number of esters is 1. The van der Waals surface area contributed by atoms with E-state index in [1.807, 2.05) is 36.4 Å². The van der Waals surface area contributed by atoms with Crippen molar-refractivity contribution in [2.45, 2.75) is 26.7 Å². The fourth-order valence-electron chi connectivity index (χ4n) is 1.55. The first kappa shape index (κ1) is 13.5. The third-order valence-corrected chi connectivity index (χ3v) is 2.52. The van der Waals surface area contributed by atoms with Gasteiger partial charge in [0.05, 0.1) is 7.11 Å². The predicted octanol–water partition coefficient (Wildman–Crippen LogP) is 3.37. The summed E-state index contributed by atoms with van der Waals surface area (Å²) in [6.45, 7) is 4.27. The van der Waals surface area contributed by atoms with Gasteiger partial charge >= 0.3 is 5.97 Å². The van der Waals surface area contributed by atoms with Crippen LogP contribution in [0.5, 0.6) is 0 Å². The Morgan fingerprint density at radius 2 is 1.94 bits per heavy atom. The van der Waals surface area contributed by atoms with E-state index < -0.39 is 0 Å². The molecule has 0 unspecified atom stereocenters. The predicted molar refractivity (Wildman–Crippen MR) is 69.7 cm³/mol. The van der Waals surface area contributed by atoms with Crippen LogP contribution in [0.1, 0.15) is 25.8 Å². The van der Waals surface area contributed by atoms with Gasteiger partial charge in [-0.05, 0) is 17.9 Å². The van der Waals surface area contributed by atoms with Crippen molar-refractivity contribution in [3.8, 4) is 0 Å². The Morgan fingerprint density at radius 1 is 1.29 bits per heavy atom. The maximum absolute atomic E-state index is 11.6. The van der Waals surface area contributed by atoms with Crippen molar-refractivity contribution in [3.63, 3.8) is 0 Å². The number of allylic oxidation sites excluding steroid dienone is 1. The van der Waals surface area contributed by atoms with Crippen LogP contribution in [0, 0.1) is 5.92 Å². The second kappa shape index (κ2) is 6.89. The average molecular weight is 232 g/mol. The highest BCUT2D eigenvalue weighted by Crippen LogP contribution is 2.12. The zero-order valence-corrected chi connectivity index (χ0v) is 10.8. The van der Waals surface area contributed by atoms with Crippen LogP contribution in [0.15, 0.2) is 42.0 Å². The highest BCUT2D eigenvalue weighted by Gasteiger charge is 2.10. The van der Waals surface area contributed by atoms with Crippen molar-refractivity contribution in [1.29, 1.82) is 0 Å². The molecular weight excluding hydrogens is 212 g/mol. The van der Waals surface area contributed by atoms with Gasteiger partial charge in [-0.3, -0.25) is 0 Å². The highest BCUT2D eigenvalue weighted by molar-refractivity contribution is 5.88. The van der Waals surface area contributed by atoms with Crippen LogP contribution in [0.25, 0.3) is 0 Å². The van der Waals surface area contributed by atoms with Crippen LogP contribution in [0.3, 0.4) is 0 Å². The first-order valence-electron chi connectivity index (χ1n) is 5.94. The Balaban J connectivity index is 2.77. The van der Waals surface area contributed by atoms with Gasteiger partial charge in [0.1, 0.15) is 0 Å². The molecule has 0 spiro atoms. The van der Waals surface area contributed by atoms with Gasteiger partial charge in [0.15, 0.2) is 0 Å². The van der Waals surface area contributed by atoms with Gasteiger partial charge in [-0.25, -0.2) is 4.79 Å². The first-order valence-corrected chi connectivity index (χ1v) is 5.94. The summed E-state index contributed by atoms with van der Waals surface area (Å²) in [5.41, 5.74) is 1.88. The molecule has 0 saturated carbocycles. The van der Waals surface area contributed by atoms with Gasteiger partial charge in [-0.15, -0.1) is 0 Å². The number of rotatable bonds is 5. The lowest BCUT2D eigenvalue weighted by Gasteiger charge is -2.07. The Kier molecular flexibility index (Phi) is 5.47. The third-order valence-electron chi connectivity index (χ3n) is 2.52. The third kappa shape index (κ3) is 4.85. The van der Waals surface area contributed by atoms with E-state index in [2.05, 4.69) is 13.8 Å². The van der Waals surface area contributed by atoms with E-state index >= 15 is 0 Å². The molecule has 0 aliphatic rings. The molecule has 92 valence electrons. The maximum atomic E-state index is 11.6. The van der Waals surface area contributed by atoms with Gasteiger partial charge in [0, 0.05) is 12.0 Å². The van der Waals surface area contributed by atoms with Gasteiger partial charge in [-0.2, -0.15) is 0 Å². The lowest BCUT2D eigenvalue weighted by molar-refractivity contribution is -0.136. The monoisotopic (exact) mass is 232 g/mol. The number of benzene rings is 1. The maximum Gasteiger partial charge on any atom is 0.333 e. The zero-order chi connectivity index (χ0) is 12.7. The minimum Gasteiger partial charge on any atom is -0.466 e. The molecule has 0 amide bonds. The van der Waals surface area contributed by atoms with Crippen LogP contribution < -0.4 is 0 Å². The number of ether oxygens (including phenoxy) is 1. The van der Waals surface area contributed by atoms with Crippen molar-refractivity contribution in [3.05, 3.63) is 47.5 Å². The summed E-state index contributed by atoms with van der Waals surface area (Å²) >= 11 is 0. The van der Waals surface area contributed by atoms with Crippen LogP contribution in [-0.4, -0.2) is 13.1 Å². The summed E-state index contributed by atoms with van der Waals surface area (Å²) < 4.78 is 4.81. The normalized spacial score (nSPS) is 11.6. The molecule has 0 aromatic heterocycles. The zero-order valence-electron chi connectivity index (χ0n) is 10.8. The summed E-state index contributed by atoms with van der Waals surface area (Å²) in [7, 11) is 1.43. The van der Waals surface area contributed by atoms with Gasteiger partial charge < -0.3 is 4.74 Å². The molecule has 0 fully saturated rings. The Hall–Kier alpha value is -1.57. The number of hydrogen-bond acceptors (Lipinski definition) is 2. The first-order chi connectivity index (χ1) is 8.13. The van der Waals surface area contributed by atoms with Gasteiger partial charge in [0.2, 0.25) is 0 Å². The Morgan fingerprint density at radius 3 is 2.47 bits per heavy atom. The molecule has 0 bridgehead atoms. The number of carbonyl (C=O) groups is 1. The molecule has 0 aliphatic heterocycles. The van der Waals surface area contributed by atoms with E-state index in [-0.39, 0.29) is 5.97 Å². The average Bonchev–Trinajstić information content (AvgIpc) is 2.34. The Bertz CT molecular complexity index is 377. The van der Waals surface area contributed by atoms with E-state index in [4.69, 9.17) is 4.74 Å². The standard InChI is InChI=1S/C15H20O2/c1-12(2)9-10-14(15(16)17-3)11-13-7-5-4-6-8-13/h4-8,10,12H,9,11H2,1-3H3/b14-10+. The molecule has 1 aromatic carbocycles. The molecule has 0 aliphatic carbocycles. The summed E-state index contributed by atoms with van der Waals surface area (Å²) in [5, 5.41) is 0. The molecule has 0 radical (unpaired) electrons. The molecule has 2 heteroatoms. The fraction of sp³-hybridized carbons (Fsp3) is 0.400. The number of hydrogen-bond donors (Lipinski definition) is 0. The van der Waals surface area contributed by atoms with Crippen molar-refractivity contribution in [1.82, 2.24) is 0 Å². The molecule has 1 aromatic rings. The van der Waals surface area contributed by atoms with Crippen LogP contribution in [0.4, 0.5) is 0 Å². The number of methoxy groups -OCH3 is 1. The van der Waals surface area contributed by atoms with E-state index in [0.29, 0.717) is 12.3 Å². The minimum absolute atomic E-state index is 0.227. The highest BCUT2D eigenvalue weighted by atomic mass is 16.5. The molecular formula is C15H20O2. The lowest BCUT2D eigenvalue weighted by Crippen LogP contribution is -2.08. The summed E-state index contributed by atoms with van der Waals surface area (Å²) in [5.74, 6) is 0.319. The smallest absolute Gasteiger partial charge is 0.333 e. The van der Waals surface area contributed by atoms with Crippen molar-refractivity contribution in [2.24, 2.45) is 5.92 Å². The summed E-state index contributed by atoms with van der Waals surface area (Å²) in [4.78, 5) is 11.6. The fourth-order valence-corrected chi connectivity index (χ4v) is 1.55.